The van der Waals surface area contributed by atoms with Crippen LogP contribution in [0.15, 0.2) is 30.3 Å². The van der Waals surface area contributed by atoms with Crippen LogP contribution in [0.4, 0.5) is 0 Å². The predicted molar refractivity (Wildman–Crippen MR) is 80.2 cm³/mol. The van der Waals surface area contributed by atoms with Crippen molar-refractivity contribution >= 4 is 17.3 Å². The summed E-state index contributed by atoms with van der Waals surface area (Å²) in [6, 6.07) is 10.3. The zero-order valence-corrected chi connectivity index (χ0v) is 12.8. The van der Waals surface area contributed by atoms with Crippen molar-refractivity contribution < 1.29 is 4.79 Å². The van der Waals surface area contributed by atoms with Crippen molar-refractivity contribution in [3.8, 4) is 0 Å². The van der Waals surface area contributed by atoms with Gasteiger partial charge in [0, 0.05) is 11.3 Å². The van der Waals surface area contributed by atoms with Gasteiger partial charge in [-0.05, 0) is 29.4 Å². The maximum Gasteiger partial charge on any atom is 0.180 e. The number of aromatic nitrogens is 2. The molecule has 0 spiro atoms. The number of carbonyl (C=O) groups is 1. The molecule has 1 aromatic carbocycles. The van der Waals surface area contributed by atoms with Crippen LogP contribution in [-0.2, 0) is 5.41 Å². The van der Waals surface area contributed by atoms with Gasteiger partial charge in [-0.2, -0.15) is 0 Å². The van der Waals surface area contributed by atoms with Crippen LogP contribution in [0.3, 0.4) is 0 Å². The first kappa shape index (κ1) is 13.4. The lowest BCUT2D eigenvalue weighted by Crippen LogP contribution is -2.17. The number of hydrogen-bond acceptors (Lipinski definition) is 4. The second-order valence-corrected chi connectivity index (χ2v) is 7.18. The van der Waals surface area contributed by atoms with E-state index < -0.39 is 0 Å². The molecule has 1 saturated carbocycles. The molecule has 1 aliphatic carbocycles. The van der Waals surface area contributed by atoms with E-state index in [-0.39, 0.29) is 17.1 Å². The highest BCUT2D eigenvalue weighted by atomic mass is 32.1. The minimum Gasteiger partial charge on any atom is -0.293 e. The monoisotopic (exact) mass is 286 g/mol. The molecule has 3 nitrogen and oxygen atoms in total. The van der Waals surface area contributed by atoms with Gasteiger partial charge >= 0.3 is 0 Å². The minimum absolute atomic E-state index is 0.112. The Morgan fingerprint density at radius 3 is 2.60 bits per heavy atom. The lowest BCUT2D eigenvalue weighted by Gasteiger charge is -2.15. The van der Waals surface area contributed by atoms with Crippen molar-refractivity contribution in [1.29, 1.82) is 0 Å². The average Bonchev–Trinajstić information content (AvgIpc) is 3.05. The van der Waals surface area contributed by atoms with Gasteiger partial charge < -0.3 is 0 Å². The molecule has 1 aliphatic rings. The summed E-state index contributed by atoms with van der Waals surface area (Å²) < 4.78 is 3.99. The van der Waals surface area contributed by atoms with Gasteiger partial charge in [-0.3, -0.25) is 4.79 Å². The fourth-order valence-corrected chi connectivity index (χ4v) is 3.44. The molecule has 3 rings (SSSR count). The first-order valence-electron chi connectivity index (χ1n) is 6.90. The van der Waals surface area contributed by atoms with E-state index in [1.807, 2.05) is 18.2 Å². The van der Waals surface area contributed by atoms with Crippen LogP contribution < -0.4 is 0 Å². The maximum atomic E-state index is 12.6. The Morgan fingerprint density at radius 2 is 1.95 bits per heavy atom. The Morgan fingerprint density at radius 1 is 1.25 bits per heavy atom. The Labute approximate surface area is 123 Å². The third-order valence-electron chi connectivity index (χ3n) is 3.78. The van der Waals surface area contributed by atoms with Crippen LogP contribution in [0.5, 0.6) is 0 Å². The summed E-state index contributed by atoms with van der Waals surface area (Å²) in [6.45, 7) is 6.21. The Bertz CT molecular complexity index is 627. The Kier molecular flexibility index (Phi) is 3.21. The highest BCUT2D eigenvalue weighted by Gasteiger charge is 2.46. The summed E-state index contributed by atoms with van der Waals surface area (Å²) in [5.41, 5.74) is 1.97. The van der Waals surface area contributed by atoms with Crippen LogP contribution in [0.2, 0.25) is 0 Å². The molecule has 2 unspecified atom stereocenters. The van der Waals surface area contributed by atoms with Crippen LogP contribution in [0.25, 0.3) is 0 Å². The SMILES string of the molecule is CC(C)(C)c1nnsc1C(=O)C1CC1c1ccccc1. The van der Waals surface area contributed by atoms with Gasteiger partial charge in [-0.25, -0.2) is 0 Å². The Balaban J connectivity index is 1.81. The van der Waals surface area contributed by atoms with E-state index in [1.54, 1.807) is 0 Å². The standard InChI is InChI=1S/C16H18N2OS/c1-16(2,3)15-14(20-18-17-15)13(19)12-9-11(12)10-7-5-4-6-8-10/h4-8,11-12H,9H2,1-3H3. The number of nitrogens with zero attached hydrogens (tertiary/aromatic N) is 2. The minimum atomic E-state index is -0.130. The van der Waals surface area contributed by atoms with Crippen LogP contribution >= 0.6 is 11.5 Å². The summed E-state index contributed by atoms with van der Waals surface area (Å²) >= 11 is 1.24. The summed E-state index contributed by atoms with van der Waals surface area (Å²) in [5.74, 6) is 0.707. The van der Waals surface area contributed by atoms with E-state index in [0.717, 1.165) is 17.0 Å². The normalized spacial score (nSPS) is 21.8. The largest absolute Gasteiger partial charge is 0.293 e. The molecule has 1 heterocycles. The highest BCUT2D eigenvalue weighted by molar-refractivity contribution is 7.08. The molecule has 1 aromatic heterocycles. The van der Waals surface area contributed by atoms with E-state index >= 15 is 0 Å². The Hall–Kier alpha value is -1.55. The summed E-state index contributed by atoms with van der Waals surface area (Å²) in [5, 5.41) is 4.16. The molecule has 0 aliphatic heterocycles. The van der Waals surface area contributed by atoms with Gasteiger partial charge in [-0.1, -0.05) is 55.6 Å². The molecule has 2 atom stereocenters. The van der Waals surface area contributed by atoms with Gasteiger partial charge in [0.25, 0.3) is 0 Å². The number of rotatable bonds is 3. The van der Waals surface area contributed by atoms with Gasteiger partial charge in [0.1, 0.15) is 4.88 Å². The van der Waals surface area contributed by atoms with Crippen molar-refractivity contribution in [1.82, 2.24) is 9.59 Å². The smallest absolute Gasteiger partial charge is 0.180 e. The molecule has 20 heavy (non-hydrogen) atoms. The number of benzene rings is 1. The topological polar surface area (TPSA) is 42.9 Å². The molecule has 0 radical (unpaired) electrons. The van der Waals surface area contributed by atoms with Gasteiger partial charge in [-0.15, -0.1) is 5.10 Å². The van der Waals surface area contributed by atoms with Crippen molar-refractivity contribution in [2.45, 2.75) is 38.5 Å². The van der Waals surface area contributed by atoms with E-state index in [1.165, 1.54) is 17.1 Å². The number of Topliss-reactive ketones (excluding diaryl/α,β-unsaturated/α-hetero) is 1. The fraction of sp³-hybridized carbons (Fsp3) is 0.438. The molecule has 0 amide bonds. The van der Waals surface area contributed by atoms with Crippen LogP contribution in [0, 0.1) is 5.92 Å². The van der Waals surface area contributed by atoms with E-state index in [2.05, 4.69) is 42.5 Å². The van der Waals surface area contributed by atoms with E-state index in [9.17, 15) is 4.79 Å². The molecule has 104 valence electrons. The van der Waals surface area contributed by atoms with Crippen LogP contribution in [-0.4, -0.2) is 15.4 Å². The zero-order chi connectivity index (χ0) is 14.3. The van der Waals surface area contributed by atoms with Gasteiger partial charge in [0.05, 0.1) is 5.69 Å². The average molecular weight is 286 g/mol. The molecule has 4 heteroatoms. The lowest BCUT2D eigenvalue weighted by atomic mass is 9.90. The number of ketones is 1. The molecule has 0 saturated heterocycles. The van der Waals surface area contributed by atoms with Crippen molar-refractivity contribution in [3.63, 3.8) is 0 Å². The highest BCUT2D eigenvalue weighted by Crippen LogP contribution is 2.50. The van der Waals surface area contributed by atoms with Gasteiger partial charge in [0.2, 0.25) is 0 Å². The molecule has 2 aromatic rings. The van der Waals surface area contributed by atoms with E-state index in [0.29, 0.717) is 5.92 Å². The van der Waals surface area contributed by atoms with Crippen molar-refractivity contribution in [3.05, 3.63) is 46.5 Å². The molecule has 1 fully saturated rings. The molecule has 0 N–H and O–H groups in total. The van der Waals surface area contributed by atoms with Gasteiger partial charge in [0.15, 0.2) is 5.78 Å². The molecular weight excluding hydrogens is 268 g/mol. The maximum absolute atomic E-state index is 12.6. The number of carbonyl (C=O) groups excluding carboxylic acids is 1. The van der Waals surface area contributed by atoms with Crippen molar-refractivity contribution in [2.75, 3.05) is 0 Å². The first-order valence-corrected chi connectivity index (χ1v) is 7.68. The summed E-state index contributed by atoms with van der Waals surface area (Å²) in [6.07, 6.45) is 0.949. The summed E-state index contributed by atoms with van der Waals surface area (Å²) in [7, 11) is 0. The third-order valence-corrected chi connectivity index (χ3v) is 4.52. The third kappa shape index (κ3) is 2.40. The second kappa shape index (κ2) is 4.77. The fourth-order valence-electron chi connectivity index (χ4n) is 2.56. The van der Waals surface area contributed by atoms with Crippen LogP contribution in [0.1, 0.15) is 54.0 Å². The van der Waals surface area contributed by atoms with E-state index in [4.69, 9.17) is 0 Å². The molecular formula is C16H18N2OS. The summed E-state index contributed by atoms with van der Waals surface area (Å²) in [4.78, 5) is 13.4. The van der Waals surface area contributed by atoms with Crippen molar-refractivity contribution in [2.24, 2.45) is 5.92 Å². The lowest BCUT2D eigenvalue weighted by molar-refractivity contribution is 0.0967. The first-order chi connectivity index (χ1) is 9.48. The number of hydrogen-bond donors (Lipinski definition) is 0. The molecule has 0 bridgehead atoms. The predicted octanol–water partition coefficient (Wildman–Crippen LogP) is 3.82. The quantitative estimate of drug-likeness (QED) is 0.806. The second-order valence-electron chi connectivity index (χ2n) is 6.42. The zero-order valence-electron chi connectivity index (χ0n) is 12.0.